The molecule has 3 rings (SSSR count). The summed E-state index contributed by atoms with van der Waals surface area (Å²) in [5.41, 5.74) is 0.838. The molecule has 0 atom stereocenters. The van der Waals surface area contributed by atoms with Gasteiger partial charge in [0.25, 0.3) is 5.56 Å². The van der Waals surface area contributed by atoms with E-state index in [4.69, 9.17) is 9.47 Å². The Labute approximate surface area is 155 Å². The maximum absolute atomic E-state index is 12.6. The number of carbonyl (C=O) groups is 2. The number of benzene rings is 1. The van der Waals surface area contributed by atoms with Gasteiger partial charge in [0, 0.05) is 6.20 Å². The summed E-state index contributed by atoms with van der Waals surface area (Å²) in [7, 11) is 0. The molecule has 138 valence electrons. The fourth-order valence-corrected chi connectivity index (χ4v) is 2.58. The zero-order valence-electron chi connectivity index (χ0n) is 14.7. The van der Waals surface area contributed by atoms with E-state index in [2.05, 4.69) is 5.32 Å². The van der Waals surface area contributed by atoms with Crippen LogP contribution in [0.25, 0.3) is 5.52 Å². The van der Waals surface area contributed by atoms with Crippen LogP contribution >= 0.6 is 0 Å². The fraction of sp³-hybridized carbons (Fsp3) is 0.150. The SMILES string of the molecule is CCOC(=O)c1cc(NC(=O)OCc2ccccc2)c(=O)n2ccccc12. The Morgan fingerprint density at radius 3 is 2.52 bits per heavy atom. The highest BCUT2D eigenvalue weighted by Crippen LogP contribution is 2.15. The molecule has 7 heteroatoms. The summed E-state index contributed by atoms with van der Waals surface area (Å²) in [5.74, 6) is -0.582. The average Bonchev–Trinajstić information content (AvgIpc) is 2.69. The van der Waals surface area contributed by atoms with E-state index in [1.165, 1.54) is 16.7 Å². The lowest BCUT2D eigenvalue weighted by molar-refractivity contribution is 0.0528. The van der Waals surface area contributed by atoms with Crippen molar-refractivity contribution in [3.05, 3.63) is 82.3 Å². The number of carbonyl (C=O) groups excluding carboxylic acids is 2. The van der Waals surface area contributed by atoms with Crippen molar-refractivity contribution in [2.24, 2.45) is 0 Å². The van der Waals surface area contributed by atoms with Gasteiger partial charge >= 0.3 is 12.1 Å². The Morgan fingerprint density at radius 2 is 1.78 bits per heavy atom. The van der Waals surface area contributed by atoms with Gasteiger partial charge in [0.1, 0.15) is 12.3 Å². The smallest absolute Gasteiger partial charge is 0.412 e. The van der Waals surface area contributed by atoms with Gasteiger partial charge < -0.3 is 9.47 Å². The molecule has 0 radical (unpaired) electrons. The maximum Gasteiger partial charge on any atom is 0.412 e. The van der Waals surface area contributed by atoms with Gasteiger partial charge in [0.05, 0.1) is 17.7 Å². The second-order valence-corrected chi connectivity index (χ2v) is 5.64. The van der Waals surface area contributed by atoms with Gasteiger partial charge in [-0.3, -0.25) is 14.5 Å². The first-order valence-electron chi connectivity index (χ1n) is 8.39. The Kier molecular flexibility index (Phi) is 5.51. The van der Waals surface area contributed by atoms with Crippen LogP contribution in [0, 0.1) is 0 Å². The largest absolute Gasteiger partial charge is 0.462 e. The van der Waals surface area contributed by atoms with E-state index in [1.807, 2.05) is 30.3 Å². The first kappa shape index (κ1) is 18.2. The van der Waals surface area contributed by atoms with Crippen molar-refractivity contribution in [1.82, 2.24) is 4.40 Å². The van der Waals surface area contributed by atoms with Gasteiger partial charge in [0.2, 0.25) is 0 Å². The summed E-state index contributed by atoms with van der Waals surface area (Å²) in [4.78, 5) is 36.9. The van der Waals surface area contributed by atoms with E-state index < -0.39 is 17.6 Å². The quantitative estimate of drug-likeness (QED) is 0.701. The van der Waals surface area contributed by atoms with E-state index in [0.29, 0.717) is 5.52 Å². The summed E-state index contributed by atoms with van der Waals surface area (Å²) < 4.78 is 11.5. The molecule has 0 saturated heterocycles. The maximum atomic E-state index is 12.6. The number of hydrogen-bond donors (Lipinski definition) is 1. The van der Waals surface area contributed by atoms with Crippen LogP contribution in [0.2, 0.25) is 0 Å². The molecule has 0 aliphatic carbocycles. The van der Waals surface area contributed by atoms with Crippen LogP contribution in [0.3, 0.4) is 0 Å². The van der Waals surface area contributed by atoms with Crippen molar-refractivity contribution in [3.8, 4) is 0 Å². The predicted molar refractivity (Wildman–Crippen MR) is 99.9 cm³/mol. The van der Waals surface area contributed by atoms with Crippen molar-refractivity contribution in [2.45, 2.75) is 13.5 Å². The van der Waals surface area contributed by atoms with Gasteiger partial charge in [-0.25, -0.2) is 9.59 Å². The summed E-state index contributed by atoms with van der Waals surface area (Å²) in [6.07, 6.45) is 0.725. The molecule has 2 heterocycles. The number of fused-ring (bicyclic) bond motifs is 1. The van der Waals surface area contributed by atoms with Gasteiger partial charge in [-0.2, -0.15) is 0 Å². The molecule has 0 aliphatic rings. The molecule has 0 unspecified atom stereocenters. The van der Waals surface area contributed by atoms with E-state index in [0.717, 1.165) is 5.56 Å². The molecule has 2 aromatic heterocycles. The number of amides is 1. The number of ether oxygens (including phenoxy) is 2. The van der Waals surface area contributed by atoms with E-state index in [1.54, 1.807) is 25.1 Å². The summed E-state index contributed by atoms with van der Waals surface area (Å²) in [6, 6.07) is 15.4. The Morgan fingerprint density at radius 1 is 1.04 bits per heavy atom. The number of nitrogens with zero attached hydrogens (tertiary/aromatic N) is 1. The number of pyridine rings is 2. The van der Waals surface area contributed by atoms with Crippen molar-refractivity contribution in [3.63, 3.8) is 0 Å². The average molecular weight is 366 g/mol. The topological polar surface area (TPSA) is 86.1 Å². The van der Waals surface area contributed by atoms with Crippen LogP contribution < -0.4 is 10.9 Å². The summed E-state index contributed by atoms with van der Waals surface area (Å²) >= 11 is 0. The van der Waals surface area contributed by atoms with Gasteiger partial charge in [-0.05, 0) is 30.7 Å². The second kappa shape index (κ2) is 8.18. The number of aromatic nitrogens is 1. The van der Waals surface area contributed by atoms with Crippen molar-refractivity contribution >= 4 is 23.3 Å². The first-order chi connectivity index (χ1) is 13.1. The van der Waals surface area contributed by atoms with Crippen molar-refractivity contribution < 1.29 is 19.1 Å². The molecule has 7 nitrogen and oxygen atoms in total. The number of rotatable bonds is 5. The van der Waals surface area contributed by atoms with Crippen LogP contribution in [0.1, 0.15) is 22.8 Å². The third-order valence-corrected chi connectivity index (χ3v) is 3.82. The number of hydrogen-bond acceptors (Lipinski definition) is 5. The normalized spacial score (nSPS) is 10.4. The van der Waals surface area contributed by atoms with Crippen LogP contribution in [0.15, 0.2) is 65.6 Å². The molecule has 0 fully saturated rings. The van der Waals surface area contributed by atoms with Gasteiger partial charge in [-0.15, -0.1) is 0 Å². The molecule has 1 amide bonds. The third-order valence-electron chi connectivity index (χ3n) is 3.82. The number of esters is 1. The zero-order valence-corrected chi connectivity index (χ0v) is 14.7. The lowest BCUT2D eigenvalue weighted by atomic mass is 10.2. The van der Waals surface area contributed by atoms with E-state index >= 15 is 0 Å². The van der Waals surface area contributed by atoms with Gasteiger partial charge in [-0.1, -0.05) is 36.4 Å². The molecular formula is C20H18N2O5. The minimum atomic E-state index is -0.790. The summed E-state index contributed by atoms with van der Waals surface area (Å²) in [6.45, 7) is 1.94. The second-order valence-electron chi connectivity index (χ2n) is 5.64. The molecular weight excluding hydrogens is 348 g/mol. The molecule has 0 bridgehead atoms. The van der Waals surface area contributed by atoms with Crippen molar-refractivity contribution in [1.29, 1.82) is 0 Å². The third kappa shape index (κ3) is 4.14. The van der Waals surface area contributed by atoms with Crippen LogP contribution in [-0.4, -0.2) is 23.1 Å². The van der Waals surface area contributed by atoms with Gasteiger partial charge in [0.15, 0.2) is 0 Å². The van der Waals surface area contributed by atoms with Crippen LogP contribution in [0.5, 0.6) is 0 Å². The highest BCUT2D eigenvalue weighted by atomic mass is 16.5. The highest BCUT2D eigenvalue weighted by molar-refractivity contribution is 5.99. The van der Waals surface area contributed by atoms with Crippen LogP contribution in [-0.2, 0) is 16.1 Å². The minimum Gasteiger partial charge on any atom is -0.462 e. The molecule has 3 aromatic rings. The van der Waals surface area contributed by atoms with Crippen molar-refractivity contribution in [2.75, 3.05) is 11.9 Å². The lowest BCUT2D eigenvalue weighted by Crippen LogP contribution is -2.25. The Bertz CT molecular complexity index is 1030. The monoisotopic (exact) mass is 366 g/mol. The zero-order chi connectivity index (χ0) is 19.2. The Hall–Kier alpha value is -3.61. The first-order valence-corrected chi connectivity index (χ1v) is 8.39. The number of anilines is 1. The van der Waals surface area contributed by atoms with E-state index in [-0.39, 0.29) is 24.5 Å². The lowest BCUT2D eigenvalue weighted by Gasteiger charge is -2.11. The number of nitrogens with one attached hydrogen (secondary N) is 1. The fourth-order valence-electron chi connectivity index (χ4n) is 2.58. The molecule has 1 aromatic carbocycles. The standard InChI is InChI=1S/C20H18N2O5/c1-2-26-19(24)15-12-16(18(23)22-11-7-6-10-17(15)22)21-20(25)27-13-14-8-4-3-5-9-14/h3-12H,2,13H2,1H3,(H,21,25). The molecule has 27 heavy (non-hydrogen) atoms. The molecule has 1 N–H and O–H groups in total. The van der Waals surface area contributed by atoms with Crippen LogP contribution in [0.4, 0.5) is 10.5 Å². The molecule has 0 aliphatic heterocycles. The highest BCUT2D eigenvalue weighted by Gasteiger charge is 2.17. The summed E-state index contributed by atoms with van der Waals surface area (Å²) in [5, 5.41) is 2.41. The predicted octanol–water partition coefficient (Wildman–Crippen LogP) is 3.22. The minimum absolute atomic E-state index is 0.0618. The molecule has 0 saturated carbocycles. The molecule has 0 spiro atoms. The van der Waals surface area contributed by atoms with E-state index in [9.17, 15) is 14.4 Å². The Balaban J connectivity index is 1.87.